The summed E-state index contributed by atoms with van der Waals surface area (Å²) in [6.07, 6.45) is 6.36. The van der Waals surface area contributed by atoms with Gasteiger partial charge < -0.3 is 5.32 Å². The van der Waals surface area contributed by atoms with Gasteiger partial charge in [0.1, 0.15) is 16.5 Å². The molecule has 0 aromatic carbocycles. The van der Waals surface area contributed by atoms with Crippen molar-refractivity contribution in [1.82, 2.24) is 14.3 Å². The Morgan fingerprint density at radius 2 is 1.92 bits per heavy atom. The maximum Gasteiger partial charge on any atom is 0.211 e. The van der Waals surface area contributed by atoms with Gasteiger partial charge in [-0.3, -0.25) is 0 Å². The van der Waals surface area contributed by atoms with E-state index in [1.54, 1.807) is 4.31 Å². The number of hydrogen-bond donors (Lipinski definition) is 1. The van der Waals surface area contributed by atoms with Crippen LogP contribution in [0.25, 0.3) is 10.2 Å². The minimum absolute atomic E-state index is 0.253. The smallest absolute Gasteiger partial charge is 0.211 e. The molecule has 1 N–H and O–H groups in total. The van der Waals surface area contributed by atoms with E-state index in [1.807, 2.05) is 18.3 Å². The number of nitrogens with zero attached hydrogens (tertiary/aromatic N) is 3. The van der Waals surface area contributed by atoms with Crippen molar-refractivity contribution in [2.45, 2.75) is 52.0 Å². The van der Waals surface area contributed by atoms with E-state index >= 15 is 0 Å². The molecule has 0 spiro atoms. The van der Waals surface area contributed by atoms with Gasteiger partial charge in [0.2, 0.25) is 10.0 Å². The summed E-state index contributed by atoms with van der Waals surface area (Å²) in [5, 5.41) is 4.82. The highest BCUT2D eigenvalue weighted by Gasteiger charge is 2.27. The van der Waals surface area contributed by atoms with Crippen LogP contribution in [0.1, 0.15) is 42.5 Å². The van der Waals surface area contributed by atoms with Crippen LogP contribution >= 0.6 is 11.3 Å². The molecular formula is C18H26N4O2S2. The molecule has 1 atom stereocenters. The Morgan fingerprint density at radius 1 is 1.19 bits per heavy atom. The van der Waals surface area contributed by atoms with Crippen LogP contribution in [0.15, 0.2) is 0 Å². The molecule has 4 rings (SSSR count). The molecule has 1 aliphatic heterocycles. The zero-order valence-corrected chi connectivity index (χ0v) is 17.2. The molecule has 142 valence electrons. The summed E-state index contributed by atoms with van der Waals surface area (Å²) in [4.78, 5) is 12.0. The number of anilines is 1. The number of aryl methyl sites for hydroxylation is 2. The fraction of sp³-hybridized carbons (Fsp3) is 0.667. The molecule has 1 saturated heterocycles. The molecule has 0 saturated carbocycles. The average Bonchev–Trinajstić information content (AvgIpc) is 2.91. The maximum atomic E-state index is 11.7. The predicted octanol–water partition coefficient (Wildman–Crippen LogP) is 2.96. The van der Waals surface area contributed by atoms with Crippen molar-refractivity contribution in [3.8, 4) is 0 Å². The lowest BCUT2D eigenvalue weighted by Gasteiger charge is -2.31. The molecule has 6 nitrogen and oxygen atoms in total. The molecule has 3 heterocycles. The van der Waals surface area contributed by atoms with Gasteiger partial charge in [-0.1, -0.05) is 6.92 Å². The lowest BCUT2D eigenvalue weighted by molar-refractivity contribution is 0.331. The monoisotopic (exact) mass is 394 g/mol. The predicted molar refractivity (Wildman–Crippen MR) is 106 cm³/mol. The van der Waals surface area contributed by atoms with Crippen LogP contribution in [0.3, 0.4) is 0 Å². The molecule has 1 aliphatic carbocycles. The Labute approximate surface area is 159 Å². The first-order valence-electron chi connectivity index (χ1n) is 9.32. The molecular weight excluding hydrogens is 368 g/mol. The van der Waals surface area contributed by atoms with Gasteiger partial charge in [0.25, 0.3) is 0 Å². The van der Waals surface area contributed by atoms with E-state index in [0.717, 1.165) is 48.1 Å². The first kappa shape index (κ1) is 18.1. The fourth-order valence-corrected chi connectivity index (χ4v) is 6.38. The summed E-state index contributed by atoms with van der Waals surface area (Å²) in [5.74, 6) is 2.47. The second-order valence-electron chi connectivity index (χ2n) is 7.73. The number of aromatic nitrogens is 2. The Kier molecular flexibility index (Phi) is 4.69. The highest BCUT2D eigenvalue weighted by molar-refractivity contribution is 7.88. The number of sulfonamides is 1. The van der Waals surface area contributed by atoms with E-state index in [0.29, 0.717) is 13.1 Å². The zero-order chi connectivity index (χ0) is 18.5. The van der Waals surface area contributed by atoms with Gasteiger partial charge in [-0.25, -0.2) is 22.7 Å². The molecule has 0 amide bonds. The van der Waals surface area contributed by atoms with Gasteiger partial charge in [-0.15, -0.1) is 11.3 Å². The average molecular weight is 395 g/mol. The fourth-order valence-electron chi connectivity index (χ4n) is 4.08. The molecule has 0 radical (unpaired) electrons. The summed E-state index contributed by atoms with van der Waals surface area (Å²) < 4.78 is 25.0. The molecule has 1 fully saturated rings. The third kappa shape index (κ3) is 3.46. The SMILES string of the molecule is Cc1nc(NC2CCN(S(C)(=O)=O)CC2)c2c3c(sc2n1)C[C@@H](C)CC3. The van der Waals surface area contributed by atoms with Gasteiger partial charge in [-0.2, -0.15) is 0 Å². The topological polar surface area (TPSA) is 75.2 Å². The largest absolute Gasteiger partial charge is 0.367 e. The van der Waals surface area contributed by atoms with Crippen molar-refractivity contribution in [2.75, 3.05) is 24.7 Å². The molecule has 0 unspecified atom stereocenters. The third-order valence-electron chi connectivity index (χ3n) is 5.53. The Bertz CT molecular complexity index is 930. The number of piperidine rings is 1. The molecule has 2 aliphatic rings. The number of fused-ring (bicyclic) bond motifs is 3. The van der Waals surface area contributed by atoms with Crippen molar-refractivity contribution in [1.29, 1.82) is 0 Å². The highest BCUT2D eigenvalue weighted by atomic mass is 32.2. The lowest BCUT2D eigenvalue weighted by Crippen LogP contribution is -2.42. The third-order valence-corrected chi connectivity index (χ3v) is 7.98. The van der Waals surface area contributed by atoms with Crippen molar-refractivity contribution in [3.63, 3.8) is 0 Å². The summed E-state index contributed by atoms with van der Waals surface area (Å²) >= 11 is 1.82. The maximum absolute atomic E-state index is 11.7. The first-order chi connectivity index (χ1) is 12.3. The number of rotatable bonds is 3. The Hall–Kier alpha value is -1.25. The van der Waals surface area contributed by atoms with Crippen LogP contribution in [0.5, 0.6) is 0 Å². The lowest BCUT2D eigenvalue weighted by atomic mass is 9.89. The van der Waals surface area contributed by atoms with E-state index in [1.165, 1.54) is 28.5 Å². The molecule has 26 heavy (non-hydrogen) atoms. The molecule has 2 aromatic rings. The van der Waals surface area contributed by atoms with Gasteiger partial charge in [-0.05, 0) is 50.5 Å². The van der Waals surface area contributed by atoms with Crippen LogP contribution in [0.2, 0.25) is 0 Å². The van der Waals surface area contributed by atoms with Gasteiger partial charge in [0.15, 0.2) is 0 Å². The van der Waals surface area contributed by atoms with Gasteiger partial charge >= 0.3 is 0 Å². The van der Waals surface area contributed by atoms with Crippen molar-refractivity contribution in [2.24, 2.45) is 5.92 Å². The quantitative estimate of drug-likeness (QED) is 0.866. The minimum Gasteiger partial charge on any atom is -0.367 e. The highest BCUT2D eigenvalue weighted by Crippen LogP contribution is 2.40. The number of thiophene rings is 1. The molecule has 2 aromatic heterocycles. The van der Waals surface area contributed by atoms with Crippen LogP contribution in [-0.2, 0) is 22.9 Å². The van der Waals surface area contributed by atoms with Crippen molar-refractivity contribution < 1.29 is 8.42 Å². The van der Waals surface area contributed by atoms with Crippen molar-refractivity contribution >= 4 is 37.4 Å². The zero-order valence-electron chi connectivity index (χ0n) is 15.6. The summed E-state index contributed by atoms with van der Waals surface area (Å²) in [6.45, 7) is 5.41. The summed E-state index contributed by atoms with van der Waals surface area (Å²) in [6, 6.07) is 0.253. The number of hydrogen-bond acceptors (Lipinski definition) is 6. The second-order valence-corrected chi connectivity index (χ2v) is 10.8. The summed E-state index contributed by atoms with van der Waals surface area (Å²) in [7, 11) is -3.09. The van der Waals surface area contributed by atoms with Crippen molar-refractivity contribution in [3.05, 3.63) is 16.3 Å². The minimum atomic E-state index is -3.09. The Morgan fingerprint density at radius 3 is 2.62 bits per heavy atom. The Balaban J connectivity index is 1.61. The van der Waals surface area contributed by atoms with E-state index in [-0.39, 0.29) is 6.04 Å². The first-order valence-corrected chi connectivity index (χ1v) is 12.0. The van der Waals surface area contributed by atoms with Crippen LogP contribution in [0.4, 0.5) is 5.82 Å². The normalized spacial score (nSPS) is 22.5. The summed E-state index contributed by atoms with van der Waals surface area (Å²) in [5.41, 5.74) is 1.43. The van der Waals surface area contributed by atoms with Crippen LogP contribution in [0, 0.1) is 12.8 Å². The second kappa shape index (κ2) is 6.73. The standard InChI is InChI=1S/C18H26N4O2S2/c1-11-4-5-14-15(10-11)25-18-16(14)17(19-12(2)20-18)21-13-6-8-22(9-7-13)26(3,23)24/h11,13H,4-10H2,1-3H3,(H,19,20,21)/t11-/m0/s1. The molecule has 0 bridgehead atoms. The molecule has 8 heteroatoms. The number of nitrogens with one attached hydrogen (secondary N) is 1. The van der Waals surface area contributed by atoms with E-state index < -0.39 is 10.0 Å². The van der Waals surface area contributed by atoms with E-state index in [9.17, 15) is 8.42 Å². The van der Waals surface area contributed by atoms with Crippen LogP contribution < -0.4 is 5.32 Å². The van der Waals surface area contributed by atoms with E-state index in [4.69, 9.17) is 4.98 Å². The van der Waals surface area contributed by atoms with Crippen LogP contribution in [-0.4, -0.2) is 48.1 Å². The van der Waals surface area contributed by atoms with E-state index in [2.05, 4.69) is 17.2 Å². The van der Waals surface area contributed by atoms with Gasteiger partial charge in [0.05, 0.1) is 11.6 Å². The van der Waals surface area contributed by atoms with Gasteiger partial charge in [0, 0.05) is 24.0 Å².